The van der Waals surface area contributed by atoms with Crippen LogP contribution in [0.4, 0.5) is 5.69 Å². The van der Waals surface area contributed by atoms with Crippen LogP contribution in [0.3, 0.4) is 0 Å². The first-order valence-corrected chi connectivity index (χ1v) is 9.96. The summed E-state index contributed by atoms with van der Waals surface area (Å²) < 4.78 is 7.25. The van der Waals surface area contributed by atoms with Crippen molar-refractivity contribution in [2.45, 2.75) is 19.9 Å². The standard InChI is InChI=1S/C23H23N5O3/c1-15(2)28-22-18(13-24-28)17(12-19(26-22)20-10-7-11-31-20)23(30)27(3)14-21(29)25-16-8-5-4-6-9-16/h4-13,15H,14H2,1-3H3,(H,25,29). The minimum Gasteiger partial charge on any atom is -0.463 e. The number of pyridine rings is 1. The molecule has 1 aromatic carbocycles. The van der Waals surface area contributed by atoms with E-state index in [2.05, 4.69) is 15.4 Å². The molecule has 1 N–H and O–H groups in total. The molecule has 3 aromatic heterocycles. The van der Waals surface area contributed by atoms with E-state index < -0.39 is 0 Å². The summed E-state index contributed by atoms with van der Waals surface area (Å²) in [5.74, 6) is -0.0277. The average Bonchev–Trinajstić information content (AvgIpc) is 3.43. The minimum atomic E-state index is -0.299. The molecule has 0 saturated carbocycles. The van der Waals surface area contributed by atoms with Gasteiger partial charge in [-0.2, -0.15) is 5.10 Å². The third-order valence-electron chi connectivity index (χ3n) is 4.84. The zero-order valence-corrected chi connectivity index (χ0v) is 17.6. The molecule has 0 saturated heterocycles. The summed E-state index contributed by atoms with van der Waals surface area (Å²) in [5.41, 5.74) is 2.22. The Bertz CT molecular complexity index is 1210. The maximum absolute atomic E-state index is 13.3. The van der Waals surface area contributed by atoms with E-state index in [1.165, 1.54) is 4.90 Å². The fourth-order valence-electron chi connectivity index (χ4n) is 3.34. The highest BCUT2D eigenvalue weighted by Crippen LogP contribution is 2.27. The van der Waals surface area contributed by atoms with Crippen molar-refractivity contribution >= 4 is 28.5 Å². The van der Waals surface area contributed by atoms with E-state index in [1.807, 2.05) is 32.0 Å². The molecule has 31 heavy (non-hydrogen) atoms. The third kappa shape index (κ3) is 4.18. The van der Waals surface area contributed by atoms with Crippen molar-refractivity contribution in [1.29, 1.82) is 0 Å². The van der Waals surface area contributed by atoms with Crippen LogP contribution in [-0.4, -0.2) is 45.1 Å². The van der Waals surface area contributed by atoms with Gasteiger partial charge in [-0.1, -0.05) is 18.2 Å². The Balaban J connectivity index is 1.65. The molecular formula is C23H23N5O3. The first-order valence-electron chi connectivity index (χ1n) is 9.96. The van der Waals surface area contributed by atoms with Crippen molar-refractivity contribution < 1.29 is 14.0 Å². The van der Waals surface area contributed by atoms with E-state index in [0.29, 0.717) is 33.7 Å². The number of carbonyl (C=O) groups excluding carboxylic acids is 2. The summed E-state index contributed by atoms with van der Waals surface area (Å²) in [6.07, 6.45) is 3.20. The van der Waals surface area contributed by atoms with Crippen LogP contribution in [0.2, 0.25) is 0 Å². The Morgan fingerprint density at radius 1 is 1.16 bits per heavy atom. The second-order valence-electron chi connectivity index (χ2n) is 7.53. The first-order chi connectivity index (χ1) is 14.9. The number of furan rings is 1. The van der Waals surface area contributed by atoms with Gasteiger partial charge >= 0.3 is 0 Å². The highest BCUT2D eigenvalue weighted by molar-refractivity contribution is 6.07. The lowest BCUT2D eigenvalue weighted by molar-refractivity contribution is -0.116. The number of hydrogen-bond acceptors (Lipinski definition) is 5. The number of aromatic nitrogens is 3. The maximum atomic E-state index is 13.3. The van der Waals surface area contributed by atoms with E-state index >= 15 is 0 Å². The molecule has 8 heteroatoms. The van der Waals surface area contributed by atoms with Crippen LogP contribution in [0.5, 0.6) is 0 Å². The number of carbonyl (C=O) groups is 2. The van der Waals surface area contributed by atoms with E-state index in [1.54, 1.807) is 54.5 Å². The van der Waals surface area contributed by atoms with Crippen LogP contribution < -0.4 is 5.32 Å². The number of nitrogens with one attached hydrogen (secondary N) is 1. The summed E-state index contributed by atoms with van der Waals surface area (Å²) in [6, 6.07) is 14.4. The first kappa shape index (κ1) is 20.3. The Morgan fingerprint density at radius 3 is 2.61 bits per heavy atom. The molecule has 0 unspecified atom stereocenters. The minimum absolute atomic E-state index is 0.0641. The number of hydrogen-bond donors (Lipinski definition) is 1. The van der Waals surface area contributed by atoms with Gasteiger partial charge in [0, 0.05) is 18.8 Å². The number of fused-ring (bicyclic) bond motifs is 1. The van der Waals surface area contributed by atoms with Crippen LogP contribution in [0.25, 0.3) is 22.5 Å². The molecule has 0 bridgehead atoms. The molecule has 0 atom stereocenters. The van der Waals surface area contributed by atoms with Crippen molar-refractivity contribution in [3.05, 3.63) is 66.6 Å². The SMILES string of the molecule is CC(C)n1ncc2c(C(=O)N(C)CC(=O)Nc3ccccc3)cc(-c3ccco3)nc21. The molecule has 2 amide bonds. The summed E-state index contributed by atoms with van der Waals surface area (Å²) in [6.45, 7) is 3.90. The molecule has 0 spiro atoms. The molecule has 8 nitrogen and oxygen atoms in total. The molecule has 3 heterocycles. The number of rotatable bonds is 6. The molecule has 0 radical (unpaired) electrons. The average molecular weight is 417 g/mol. The van der Waals surface area contributed by atoms with E-state index in [9.17, 15) is 9.59 Å². The Kier molecular flexibility index (Phi) is 5.53. The lowest BCUT2D eigenvalue weighted by Crippen LogP contribution is -2.35. The molecule has 0 aliphatic heterocycles. The van der Waals surface area contributed by atoms with Gasteiger partial charge < -0.3 is 14.6 Å². The van der Waals surface area contributed by atoms with Crippen molar-refractivity contribution in [2.24, 2.45) is 0 Å². The summed E-state index contributed by atoms with van der Waals surface area (Å²) in [7, 11) is 1.60. The number of likely N-dealkylation sites (N-methyl/N-ethyl adjacent to an activating group) is 1. The zero-order valence-electron chi connectivity index (χ0n) is 17.6. The number of amides is 2. The number of para-hydroxylation sites is 1. The highest BCUT2D eigenvalue weighted by Gasteiger charge is 2.22. The van der Waals surface area contributed by atoms with Gasteiger partial charge in [0.1, 0.15) is 5.69 Å². The lowest BCUT2D eigenvalue weighted by Gasteiger charge is -2.18. The molecule has 0 fully saturated rings. The van der Waals surface area contributed by atoms with Crippen LogP contribution in [0, 0.1) is 0 Å². The van der Waals surface area contributed by atoms with Crippen molar-refractivity contribution in [1.82, 2.24) is 19.7 Å². The van der Waals surface area contributed by atoms with Crippen molar-refractivity contribution in [3.63, 3.8) is 0 Å². The predicted octanol–water partition coefficient (Wildman–Crippen LogP) is 3.98. The van der Waals surface area contributed by atoms with Gasteiger partial charge in [0.15, 0.2) is 11.4 Å². The molecule has 4 rings (SSSR count). The van der Waals surface area contributed by atoms with Crippen LogP contribution in [-0.2, 0) is 4.79 Å². The van der Waals surface area contributed by atoms with Crippen LogP contribution >= 0.6 is 0 Å². The molecule has 4 aromatic rings. The Hall–Kier alpha value is -3.94. The van der Waals surface area contributed by atoms with E-state index in [-0.39, 0.29) is 24.4 Å². The van der Waals surface area contributed by atoms with Gasteiger partial charge in [-0.05, 0) is 44.2 Å². The summed E-state index contributed by atoms with van der Waals surface area (Å²) >= 11 is 0. The predicted molar refractivity (Wildman–Crippen MR) is 118 cm³/mol. The zero-order chi connectivity index (χ0) is 22.0. The summed E-state index contributed by atoms with van der Waals surface area (Å²) in [5, 5.41) is 7.83. The third-order valence-corrected chi connectivity index (χ3v) is 4.84. The van der Waals surface area contributed by atoms with Gasteiger partial charge in [0.2, 0.25) is 5.91 Å². The number of nitrogens with zero attached hydrogens (tertiary/aromatic N) is 4. The van der Waals surface area contributed by atoms with Crippen LogP contribution in [0.1, 0.15) is 30.2 Å². The fourth-order valence-corrected chi connectivity index (χ4v) is 3.34. The molecule has 0 aliphatic rings. The van der Waals surface area contributed by atoms with Crippen LogP contribution in [0.15, 0.2) is 65.4 Å². The second-order valence-corrected chi connectivity index (χ2v) is 7.53. The topological polar surface area (TPSA) is 93.3 Å². The quantitative estimate of drug-likeness (QED) is 0.512. The normalized spacial score (nSPS) is 11.1. The fraction of sp³-hybridized carbons (Fsp3) is 0.217. The largest absolute Gasteiger partial charge is 0.463 e. The van der Waals surface area contributed by atoms with Gasteiger partial charge in [0.25, 0.3) is 5.91 Å². The highest BCUT2D eigenvalue weighted by atomic mass is 16.3. The Labute approximate surface area is 179 Å². The van der Waals surface area contributed by atoms with E-state index in [0.717, 1.165) is 0 Å². The number of benzene rings is 1. The lowest BCUT2D eigenvalue weighted by atomic mass is 10.1. The van der Waals surface area contributed by atoms with Crippen molar-refractivity contribution in [3.8, 4) is 11.5 Å². The smallest absolute Gasteiger partial charge is 0.254 e. The number of anilines is 1. The van der Waals surface area contributed by atoms with Crippen molar-refractivity contribution in [2.75, 3.05) is 18.9 Å². The second kappa shape index (κ2) is 8.43. The molecule has 0 aliphatic carbocycles. The maximum Gasteiger partial charge on any atom is 0.254 e. The summed E-state index contributed by atoms with van der Waals surface area (Å²) in [4.78, 5) is 31.8. The molecule has 158 valence electrons. The molecular weight excluding hydrogens is 394 g/mol. The van der Waals surface area contributed by atoms with Gasteiger partial charge in [-0.25, -0.2) is 9.67 Å². The van der Waals surface area contributed by atoms with E-state index in [4.69, 9.17) is 4.42 Å². The monoisotopic (exact) mass is 417 g/mol. The van der Waals surface area contributed by atoms with Gasteiger partial charge in [0.05, 0.1) is 30.0 Å². The Morgan fingerprint density at radius 2 is 1.94 bits per heavy atom. The van der Waals surface area contributed by atoms with Gasteiger partial charge in [-0.15, -0.1) is 0 Å². The van der Waals surface area contributed by atoms with Gasteiger partial charge in [-0.3, -0.25) is 9.59 Å².